The van der Waals surface area contributed by atoms with E-state index in [0.29, 0.717) is 10.9 Å². The maximum atomic E-state index is 12.8. The van der Waals surface area contributed by atoms with Crippen molar-refractivity contribution in [1.29, 1.82) is 0 Å². The monoisotopic (exact) mass is 442 g/mol. The molecular formula is C26H38N2O2S. The summed E-state index contributed by atoms with van der Waals surface area (Å²) in [5.74, 6) is 0. The standard InChI is InChI=1S/C26H38N2O2S/c1-4-7-25(8-5-2)27-31(29,30)26-16-14-24(15-17-26)23-12-10-22(11-13-23)18-20-28-19-6-9-21(28)3/h10-17,21,25,27H,4-9,18-20H2,1-3H3/t21-/m1/s1. The van der Waals surface area contributed by atoms with Crippen molar-refractivity contribution < 1.29 is 8.42 Å². The van der Waals surface area contributed by atoms with E-state index in [0.717, 1.165) is 49.8 Å². The van der Waals surface area contributed by atoms with E-state index in [-0.39, 0.29) is 6.04 Å². The topological polar surface area (TPSA) is 49.4 Å². The molecule has 0 unspecified atom stereocenters. The fourth-order valence-electron chi connectivity index (χ4n) is 4.53. The zero-order valence-corrected chi connectivity index (χ0v) is 20.1. The lowest BCUT2D eigenvalue weighted by molar-refractivity contribution is 0.272. The number of nitrogens with zero attached hydrogens (tertiary/aromatic N) is 1. The molecule has 0 aromatic heterocycles. The zero-order chi connectivity index (χ0) is 22.3. The highest BCUT2D eigenvalue weighted by Crippen LogP contribution is 2.23. The largest absolute Gasteiger partial charge is 0.300 e. The van der Waals surface area contributed by atoms with Gasteiger partial charge in [0.1, 0.15) is 0 Å². The summed E-state index contributed by atoms with van der Waals surface area (Å²) in [4.78, 5) is 2.91. The molecule has 1 heterocycles. The van der Waals surface area contributed by atoms with E-state index in [1.165, 1.54) is 24.9 Å². The highest BCUT2D eigenvalue weighted by atomic mass is 32.2. The third-order valence-corrected chi connectivity index (χ3v) is 7.96. The van der Waals surface area contributed by atoms with Crippen LogP contribution in [0.4, 0.5) is 0 Å². The second-order valence-corrected chi connectivity index (χ2v) is 10.6. The van der Waals surface area contributed by atoms with Crippen LogP contribution in [0.2, 0.25) is 0 Å². The Morgan fingerprint density at radius 1 is 0.968 bits per heavy atom. The van der Waals surface area contributed by atoms with Crippen LogP contribution in [0.1, 0.15) is 64.9 Å². The normalized spacial score (nSPS) is 17.5. The molecule has 1 N–H and O–H groups in total. The third-order valence-electron chi connectivity index (χ3n) is 6.43. The molecule has 4 nitrogen and oxygen atoms in total. The molecule has 2 aromatic rings. The van der Waals surface area contributed by atoms with Gasteiger partial charge in [-0.05, 0) is 74.4 Å². The predicted molar refractivity (Wildman–Crippen MR) is 130 cm³/mol. The van der Waals surface area contributed by atoms with E-state index in [2.05, 4.69) is 54.7 Å². The van der Waals surface area contributed by atoms with E-state index in [9.17, 15) is 8.42 Å². The molecule has 170 valence electrons. The predicted octanol–water partition coefficient (Wildman–Crippen LogP) is 5.63. The van der Waals surface area contributed by atoms with Crippen LogP contribution in [0, 0.1) is 0 Å². The highest BCUT2D eigenvalue weighted by molar-refractivity contribution is 7.89. The van der Waals surface area contributed by atoms with E-state index in [4.69, 9.17) is 0 Å². The Hall–Kier alpha value is -1.69. The molecule has 31 heavy (non-hydrogen) atoms. The van der Waals surface area contributed by atoms with Gasteiger partial charge in [-0.3, -0.25) is 0 Å². The summed E-state index contributed by atoms with van der Waals surface area (Å²) in [5.41, 5.74) is 3.51. The van der Waals surface area contributed by atoms with Crippen molar-refractivity contribution in [3.63, 3.8) is 0 Å². The van der Waals surface area contributed by atoms with Crippen molar-refractivity contribution in [2.75, 3.05) is 13.1 Å². The van der Waals surface area contributed by atoms with E-state index in [1.807, 2.05) is 12.1 Å². The van der Waals surface area contributed by atoms with Gasteiger partial charge in [0, 0.05) is 18.6 Å². The Morgan fingerprint density at radius 2 is 1.55 bits per heavy atom. The van der Waals surface area contributed by atoms with Crippen molar-refractivity contribution >= 4 is 10.0 Å². The van der Waals surface area contributed by atoms with Crippen LogP contribution in [0.3, 0.4) is 0 Å². The summed E-state index contributed by atoms with van der Waals surface area (Å²) in [6.45, 7) is 8.84. The van der Waals surface area contributed by atoms with Crippen LogP contribution in [0.5, 0.6) is 0 Å². The van der Waals surface area contributed by atoms with Crippen molar-refractivity contribution in [2.45, 2.75) is 82.7 Å². The first-order valence-electron chi connectivity index (χ1n) is 11.9. The second-order valence-electron chi connectivity index (χ2n) is 8.89. The zero-order valence-electron chi connectivity index (χ0n) is 19.3. The second kappa shape index (κ2) is 11.3. The number of hydrogen-bond donors (Lipinski definition) is 1. The molecule has 0 bridgehead atoms. The number of rotatable bonds is 11. The lowest BCUT2D eigenvalue weighted by atomic mass is 10.0. The first kappa shape index (κ1) is 24.0. The number of sulfonamides is 1. The van der Waals surface area contributed by atoms with Crippen LogP contribution >= 0.6 is 0 Å². The van der Waals surface area contributed by atoms with Gasteiger partial charge in [-0.2, -0.15) is 0 Å². The summed E-state index contributed by atoms with van der Waals surface area (Å²) < 4.78 is 28.4. The van der Waals surface area contributed by atoms with Gasteiger partial charge in [0.05, 0.1) is 4.90 Å². The molecule has 1 saturated heterocycles. The van der Waals surface area contributed by atoms with Gasteiger partial charge in [0.15, 0.2) is 0 Å². The fraction of sp³-hybridized carbons (Fsp3) is 0.538. The molecule has 1 atom stereocenters. The Bertz CT molecular complexity index is 901. The van der Waals surface area contributed by atoms with E-state index in [1.54, 1.807) is 12.1 Å². The van der Waals surface area contributed by atoms with Crippen LogP contribution in [0.15, 0.2) is 53.4 Å². The van der Waals surface area contributed by atoms with E-state index < -0.39 is 10.0 Å². The van der Waals surface area contributed by atoms with Gasteiger partial charge in [0.25, 0.3) is 0 Å². The van der Waals surface area contributed by atoms with Crippen molar-refractivity contribution in [3.8, 4) is 11.1 Å². The third kappa shape index (κ3) is 6.64. The van der Waals surface area contributed by atoms with Crippen molar-refractivity contribution in [2.24, 2.45) is 0 Å². The van der Waals surface area contributed by atoms with Gasteiger partial charge in [-0.15, -0.1) is 0 Å². The summed E-state index contributed by atoms with van der Waals surface area (Å²) >= 11 is 0. The van der Waals surface area contributed by atoms with Crippen molar-refractivity contribution in [1.82, 2.24) is 9.62 Å². The summed E-state index contributed by atoms with van der Waals surface area (Å²) in [5, 5.41) is 0. The molecule has 3 rings (SSSR count). The molecule has 0 radical (unpaired) electrons. The minimum Gasteiger partial charge on any atom is -0.300 e. The van der Waals surface area contributed by atoms with E-state index >= 15 is 0 Å². The first-order chi connectivity index (χ1) is 14.9. The minimum atomic E-state index is -3.48. The van der Waals surface area contributed by atoms with Crippen LogP contribution in [-0.4, -0.2) is 38.5 Å². The maximum Gasteiger partial charge on any atom is 0.240 e. The molecule has 0 aliphatic carbocycles. The first-order valence-corrected chi connectivity index (χ1v) is 13.4. The number of benzene rings is 2. The average Bonchev–Trinajstić information content (AvgIpc) is 3.17. The molecular weight excluding hydrogens is 404 g/mol. The number of nitrogens with one attached hydrogen (secondary N) is 1. The van der Waals surface area contributed by atoms with Gasteiger partial charge < -0.3 is 4.90 Å². The lowest BCUT2D eigenvalue weighted by Crippen LogP contribution is -2.34. The summed E-state index contributed by atoms with van der Waals surface area (Å²) in [7, 11) is -3.48. The smallest absolute Gasteiger partial charge is 0.240 e. The Labute approximate surface area is 189 Å². The lowest BCUT2D eigenvalue weighted by Gasteiger charge is -2.20. The molecule has 1 aliphatic rings. The maximum absolute atomic E-state index is 12.8. The van der Waals surface area contributed by atoms with Gasteiger partial charge in [0.2, 0.25) is 10.0 Å². The minimum absolute atomic E-state index is 0.00997. The summed E-state index contributed by atoms with van der Waals surface area (Å²) in [6.07, 6.45) is 7.39. The summed E-state index contributed by atoms with van der Waals surface area (Å²) in [6, 6.07) is 16.6. The van der Waals surface area contributed by atoms with Crippen LogP contribution < -0.4 is 4.72 Å². The molecule has 1 aliphatic heterocycles. The molecule has 1 fully saturated rings. The number of hydrogen-bond acceptors (Lipinski definition) is 3. The molecule has 5 heteroatoms. The molecule has 2 aromatic carbocycles. The quantitative estimate of drug-likeness (QED) is 0.491. The van der Waals surface area contributed by atoms with Gasteiger partial charge in [-0.25, -0.2) is 13.1 Å². The van der Waals surface area contributed by atoms with Crippen LogP contribution in [-0.2, 0) is 16.4 Å². The van der Waals surface area contributed by atoms with Gasteiger partial charge >= 0.3 is 0 Å². The van der Waals surface area contributed by atoms with Crippen molar-refractivity contribution in [3.05, 3.63) is 54.1 Å². The Balaban J connectivity index is 1.62. The van der Waals surface area contributed by atoms with Gasteiger partial charge in [-0.1, -0.05) is 63.1 Å². The molecule has 0 spiro atoms. The van der Waals surface area contributed by atoms with Crippen LogP contribution in [0.25, 0.3) is 11.1 Å². The number of likely N-dealkylation sites (tertiary alicyclic amines) is 1. The average molecular weight is 443 g/mol. The Kier molecular flexibility index (Phi) is 8.70. The SMILES string of the molecule is CCCC(CCC)NS(=O)(=O)c1ccc(-c2ccc(CCN3CCC[C@H]3C)cc2)cc1. The fourth-order valence-corrected chi connectivity index (χ4v) is 5.84. The molecule has 0 saturated carbocycles. The highest BCUT2D eigenvalue weighted by Gasteiger charge is 2.20. The molecule has 0 amide bonds. The Morgan fingerprint density at radius 3 is 2.06 bits per heavy atom.